The molecule has 2 rings (SSSR count). The summed E-state index contributed by atoms with van der Waals surface area (Å²) in [6.07, 6.45) is 5.23. The summed E-state index contributed by atoms with van der Waals surface area (Å²) in [5.74, 6) is 0. The van der Waals surface area contributed by atoms with Crippen molar-refractivity contribution in [2.24, 2.45) is 0 Å². The molecule has 1 saturated carbocycles. The molecule has 0 aromatic heterocycles. The van der Waals surface area contributed by atoms with Crippen molar-refractivity contribution in [2.45, 2.75) is 43.9 Å². The quantitative estimate of drug-likeness (QED) is 0.792. The summed E-state index contributed by atoms with van der Waals surface area (Å²) in [5.41, 5.74) is 0. The average Bonchev–Trinajstić information content (AvgIpc) is 2.29. The second kappa shape index (κ2) is 5.62. The topological polar surface area (TPSA) is 32.7 Å². The van der Waals surface area contributed by atoms with Gasteiger partial charge in [-0.1, -0.05) is 28.8 Å². The van der Waals surface area contributed by atoms with Gasteiger partial charge in [0, 0.05) is 24.5 Å². The number of fused-ring (bicyclic) bond motifs is 1. The first kappa shape index (κ1) is 11.8. The van der Waals surface area contributed by atoms with Crippen LogP contribution in [0, 0.1) is 0 Å². The lowest BCUT2D eigenvalue weighted by Crippen LogP contribution is -2.54. The van der Waals surface area contributed by atoms with Crippen molar-refractivity contribution in [3.8, 4) is 0 Å². The molecule has 0 aromatic carbocycles. The normalized spacial score (nSPS) is 34.8. The Balaban J connectivity index is 1.91. The minimum Gasteiger partial charge on any atom is -0.391 e. The van der Waals surface area contributed by atoms with Crippen molar-refractivity contribution in [3.05, 3.63) is 0 Å². The molecule has 2 aliphatic rings. The first-order valence-corrected chi connectivity index (χ1v) is 7.03. The Morgan fingerprint density at radius 3 is 3.00 bits per heavy atom. The van der Waals surface area contributed by atoms with Crippen LogP contribution in [0.15, 0.2) is 0 Å². The number of ether oxygens (including phenoxy) is 1. The lowest BCUT2D eigenvalue weighted by Gasteiger charge is -2.44. The second-order valence-electron chi connectivity index (χ2n) is 4.56. The Kier molecular flexibility index (Phi) is 4.43. The predicted molar refractivity (Wildman–Crippen MR) is 63.4 cm³/mol. The number of morpholine rings is 1. The molecule has 1 aliphatic heterocycles. The zero-order chi connectivity index (χ0) is 10.7. The Labute approximate surface area is 99.9 Å². The number of rotatable bonds is 3. The van der Waals surface area contributed by atoms with Gasteiger partial charge >= 0.3 is 0 Å². The van der Waals surface area contributed by atoms with Crippen molar-refractivity contribution in [1.82, 2.24) is 4.90 Å². The maximum atomic E-state index is 9.67. The van der Waals surface area contributed by atoms with E-state index in [2.05, 4.69) is 20.8 Å². The van der Waals surface area contributed by atoms with Crippen LogP contribution in [-0.4, -0.2) is 53.3 Å². The van der Waals surface area contributed by atoms with Crippen LogP contribution >= 0.6 is 15.9 Å². The number of hydrogen-bond donors (Lipinski definition) is 1. The summed E-state index contributed by atoms with van der Waals surface area (Å²) in [4.78, 5) is 2.42. The Morgan fingerprint density at radius 1 is 1.40 bits per heavy atom. The molecule has 0 bridgehead atoms. The van der Waals surface area contributed by atoms with Crippen molar-refractivity contribution < 1.29 is 9.84 Å². The SMILES string of the molecule is OC(CBr)CN1CCOC2CCCCC21. The van der Waals surface area contributed by atoms with E-state index in [0.29, 0.717) is 17.5 Å². The van der Waals surface area contributed by atoms with E-state index in [4.69, 9.17) is 4.74 Å². The van der Waals surface area contributed by atoms with Gasteiger partial charge in [0.25, 0.3) is 0 Å². The molecule has 4 heteroatoms. The lowest BCUT2D eigenvalue weighted by atomic mass is 9.90. The van der Waals surface area contributed by atoms with E-state index in [1.54, 1.807) is 0 Å². The molecule has 0 amide bonds. The van der Waals surface area contributed by atoms with E-state index in [0.717, 1.165) is 19.7 Å². The van der Waals surface area contributed by atoms with Gasteiger partial charge in [-0.2, -0.15) is 0 Å². The van der Waals surface area contributed by atoms with Gasteiger partial charge in [-0.15, -0.1) is 0 Å². The molecule has 88 valence electrons. The minimum absolute atomic E-state index is 0.245. The number of halogens is 1. The summed E-state index contributed by atoms with van der Waals surface area (Å²) in [6.45, 7) is 2.59. The predicted octanol–water partition coefficient (Wildman–Crippen LogP) is 1.39. The third-order valence-corrected chi connectivity index (χ3v) is 4.22. The zero-order valence-corrected chi connectivity index (χ0v) is 10.7. The molecule has 3 nitrogen and oxygen atoms in total. The zero-order valence-electron chi connectivity index (χ0n) is 9.07. The van der Waals surface area contributed by atoms with Gasteiger partial charge in [0.05, 0.1) is 18.8 Å². The number of nitrogens with zero attached hydrogens (tertiary/aromatic N) is 1. The number of alkyl halides is 1. The largest absolute Gasteiger partial charge is 0.391 e. The Morgan fingerprint density at radius 2 is 2.20 bits per heavy atom. The molecule has 1 N–H and O–H groups in total. The minimum atomic E-state index is -0.245. The van der Waals surface area contributed by atoms with Crippen LogP contribution in [0.4, 0.5) is 0 Å². The molecule has 1 saturated heterocycles. The first-order chi connectivity index (χ1) is 7.31. The smallest absolute Gasteiger partial charge is 0.0763 e. The van der Waals surface area contributed by atoms with Crippen LogP contribution in [0.3, 0.4) is 0 Å². The highest BCUT2D eigenvalue weighted by Gasteiger charge is 2.34. The molecule has 0 aromatic rings. The van der Waals surface area contributed by atoms with Crippen molar-refractivity contribution in [1.29, 1.82) is 0 Å². The van der Waals surface area contributed by atoms with Crippen molar-refractivity contribution >= 4 is 15.9 Å². The summed E-state index contributed by atoms with van der Waals surface area (Å²) < 4.78 is 5.79. The number of aliphatic hydroxyl groups is 1. The van der Waals surface area contributed by atoms with E-state index in [1.807, 2.05) is 0 Å². The van der Waals surface area contributed by atoms with Crippen molar-refractivity contribution in [3.63, 3.8) is 0 Å². The summed E-state index contributed by atoms with van der Waals surface area (Å²) in [7, 11) is 0. The monoisotopic (exact) mass is 277 g/mol. The van der Waals surface area contributed by atoms with E-state index in [-0.39, 0.29) is 6.10 Å². The molecule has 2 fully saturated rings. The number of β-amino-alcohol motifs (C(OH)–C–C–N with tert-alkyl or cyclic N) is 1. The van der Waals surface area contributed by atoms with Gasteiger partial charge in [-0.05, 0) is 12.8 Å². The fraction of sp³-hybridized carbons (Fsp3) is 1.00. The standard InChI is InChI=1S/C11H20BrNO2/c12-7-9(14)8-13-5-6-15-11-4-2-1-3-10(11)13/h9-11,14H,1-8H2. The molecule has 3 unspecified atom stereocenters. The Hall–Kier alpha value is 0.360. The van der Waals surface area contributed by atoms with E-state index in [1.165, 1.54) is 25.7 Å². The lowest BCUT2D eigenvalue weighted by molar-refractivity contribution is -0.0956. The molecule has 15 heavy (non-hydrogen) atoms. The highest BCUT2D eigenvalue weighted by atomic mass is 79.9. The van der Waals surface area contributed by atoms with Crippen LogP contribution < -0.4 is 0 Å². The molecule has 1 aliphatic carbocycles. The van der Waals surface area contributed by atoms with Crippen LogP contribution in [0.1, 0.15) is 25.7 Å². The van der Waals surface area contributed by atoms with Crippen molar-refractivity contribution in [2.75, 3.05) is 25.0 Å². The molecule has 0 spiro atoms. The molecular formula is C11H20BrNO2. The molecular weight excluding hydrogens is 258 g/mol. The van der Waals surface area contributed by atoms with Crippen LogP contribution in [0.5, 0.6) is 0 Å². The number of aliphatic hydroxyl groups excluding tert-OH is 1. The van der Waals surface area contributed by atoms with Gasteiger partial charge < -0.3 is 9.84 Å². The number of hydrogen-bond acceptors (Lipinski definition) is 3. The van der Waals surface area contributed by atoms with Gasteiger partial charge in [0.15, 0.2) is 0 Å². The average molecular weight is 278 g/mol. The molecule has 0 radical (unpaired) electrons. The Bertz CT molecular complexity index is 201. The van der Waals surface area contributed by atoms with Gasteiger partial charge in [-0.3, -0.25) is 4.90 Å². The summed E-state index contributed by atoms with van der Waals surface area (Å²) >= 11 is 3.32. The third-order valence-electron chi connectivity index (χ3n) is 3.47. The van der Waals surface area contributed by atoms with Crippen LogP contribution in [0.25, 0.3) is 0 Å². The van der Waals surface area contributed by atoms with E-state index in [9.17, 15) is 5.11 Å². The van der Waals surface area contributed by atoms with Crippen LogP contribution in [0.2, 0.25) is 0 Å². The highest BCUT2D eigenvalue weighted by Crippen LogP contribution is 2.28. The third kappa shape index (κ3) is 2.93. The summed E-state index contributed by atoms with van der Waals surface area (Å²) in [5, 5.41) is 10.3. The molecule has 1 heterocycles. The van der Waals surface area contributed by atoms with Gasteiger partial charge in [0.2, 0.25) is 0 Å². The van der Waals surface area contributed by atoms with E-state index < -0.39 is 0 Å². The second-order valence-corrected chi connectivity index (χ2v) is 5.21. The van der Waals surface area contributed by atoms with Gasteiger partial charge in [-0.25, -0.2) is 0 Å². The van der Waals surface area contributed by atoms with E-state index >= 15 is 0 Å². The maximum Gasteiger partial charge on any atom is 0.0763 e. The summed E-state index contributed by atoms with van der Waals surface area (Å²) in [6, 6.07) is 0.557. The maximum absolute atomic E-state index is 9.67. The van der Waals surface area contributed by atoms with Crippen LogP contribution in [-0.2, 0) is 4.74 Å². The fourth-order valence-electron chi connectivity index (χ4n) is 2.72. The highest BCUT2D eigenvalue weighted by molar-refractivity contribution is 9.09. The fourth-order valence-corrected chi connectivity index (χ4v) is 2.93. The first-order valence-electron chi connectivity index (χ1n) is 5.91. The molecule has 3 atom stereocenters. The van der Waals surface area contributed by atoms with Gasteiger partial charge in [0.1, 0.15) is 0 Å².